The third-order valence-electron chi connectivity index (χ3n) is 3.99. The van der Waals surface area contributed by atoms with Gasteiger partial charge in [-0.1, -0.05) is 42.5 Å². The highest BCUT2D eigenvalue weighted by Gasteiger charge is 2.44. The summed E-state index contributed by atoms with van der Waals surface area (Å²) in [6.45, 7) is 0.0272. The quantitative estimate of drug-likeness (QED) is 0.500. The van der Waals surface area contributed by atoms with Gasteiger partial charge in [-0.15, -0.1) is 0 Å². The molecule has 2 aromatic carbocycles. The van der Waals surface area contributed by atoms with E-state index >= 15 is 0 Å². The molecule has 0 heterocycles. The minimum absolute atomic E-state index is 0.0169. The van der Waals surface area contributed by atoms with Crippen molar-refractivity contribution in [1.29, 1.82) is 0 Å². The maximum absolute atomic E-state index is 13.0. The number of ether oxygens (including phenoxy) is 2. The van der Waals surface area contributed by atoms with Crippen molar-refractivity contribution in [3.63, 3.8) is 0 Å². The van der Waals surface area contributed by atoms with Crippen LogP contribution in [0.25, 0.3) is 0 Å². The van der Waals surface area contributed by atoms with E-state index in [4.69, 9.17) is 4.74 Å². The van der Waals surface area contributed by atoms with Crippen LogP contribution < -0.4 is 10.1 Å². The monoisotopic (exact) mass is 431 g/mol. The number of amides is 1. The summed E-state index contributed by atoms with van der Waals surface area (Å²) in [5.74, 6) is -0.591. The minimum Gasteiger partial charge on any atom is -0.445 e. The van der Waals surface area contributed by atoms with Crippen LogP contribution in [0.1, 0.15) is 23.7 Å². The highest BCUT2D eigenvalue weighted by atomic mass is 19.3. The highest BCUT2D eigenvalue weighted by Crippen LogP contribution is 2.29. The number of alkyl carbamates (subject to hydrolysis) is 1. The van der Waals surface area contributed by atoms with Gasteiger partial charge >= 0.3 is 18.6 Å². The van der Waals surface area contributed by atoms with Crippen LogP contribution in [-0.4, -0.2) is 41.5 Å². The van der Waals surface area contributed by atoms with Gasteiger partial charge in [0.05, 0.1) is 6.10 Å². The molecule has 2 rings (SSSR count). The zero-order valence-corrected chi connectivity index (χ0v) is 15.7. The summed E-state index contributed by atoms with van der Waals surface area (Å²) < 4.78 is 59.4. The summed E-state index contributed by atoms with van der Waals surface area (Å²) in [7, 11) is 0. The molecule has 0 aliphatic rings. The van der Waals surface area contributed by atoms with Gasteiger partial charge in [-0.2, -0.15) is 17.6 Å². The second-order valence-electron chi connectivity index (χ2n) is 6.33. The second-order valence-corrected chi connectivity index (χ2v) is 6.33. The molecule has 1 amide bonds. The van der Waals surface area contributed by atoms with E-state index in [9.17, 15) is 32.6 Å². The fourth-order valence-electron chi connectivity index (χ4n) is 2.44. The largest absolute Gasteiger partial charge is 0.461 e. The molecule has 6 nitrogen and oxygen atoms in total. The molecule has 2 unspecified atom stereocenters. The zero-order valence-electron chi connectivity index (χ0n) is 15.7. The third kappa shape index (κ3) is 7.20. The van der Waals surface area contributed by atoms with Gasteiger partial charge < -0.3 is 25.0 Å². The first-order chi connectivity index (χ1) is 14.2. The van der Waals surface area contributed by atoms with Crippen molar-refractivity contribution >= 4 is 6.09 Å². The number of carbonyl (C=O) groups is 1. The molecule has 10 heteroatoms. The molecule has 3 N–H and O–H groups in total. The Kier molecular flexibility index (Phi) is 8.43. The number of aliphatic hydroxyl groups is 2. The first-order valence-electron chi connectivity index (χ1n) is 8.94. The molecule has 2 aromatic rings. The minimum atomic E-state index is -4.69. The van der Waals surface area contributed by atoms with Gasteiger partial charge in [0.1, 0.15) is 18.5 Å². The number of hydrogen-bond donors (Lipinski definition) is 3. The van der Waals surface area contributed by atoms with Crippen LogP contribution in [0.5, 0.6) is 5.75 Å². The van der Waals surface area contributed by atoms with Crippen LogP contribution in [0.4, 0.5) is 22.4 Å². The van der Waals surface area contributed by atoms with Crippen molar-refractivity contribution in [3.05, 3.63) is 65.7 Å². The number of carbonyl (C=O) groups excluding carboxylic acids is 1. The van der Waals surface area contributed by atoms with Crippen LogP contribution in [-0.2, 0) is 11.3 Å². The Hall–Kier alpha value is -2.85. The van der Waals surface area contributed by atoms with E-state index in [0.29, 0.717) is 0 Å². The molecule has 0 aromatic heterocycles. The Bertz CT molecular complexity index is 807. The number of rotatable bonds is 10. The van der Waals surface area contributed by atoms with E-state index in [1.807, 2.05) is 6.07 Å². The van der Waals surface area contributed by atoms with Gasteiger partial charge in [0, 0.05) is 6.54 Å². The van der Waals surface area contributed by atoms with Gasteiger partial charge in [0.25, 0.3) is 0 Å². The molecule has 0 saturated heterocycles. The summed E-state index contributed by atoms with van der Waals surface area (Å²) in [5.41, 5.74) is 0.777. The standard InChI is InChI=1S/C20H21F4NO5/c21-18(22)20(23,24)30-15-8-4-7-14(11-15)17(27)16(26)9-10-25-19(28)29-12-13-5-2-1-3-6-13/h1-8,11,16-18,26-27H,9-10,12H2,(H,25,28). The molecular formula is C20H21F4NO5. The fourth-order valence-corrected chi connectivity index (χ4v) is 2.44. The van der Waals surface area contributed by atoms with E-state index in [1.165, 1.54) is 12.1 Å². The van der Waals surface area contributed by atoms with Gasteiger partial charge in [-0.25, -0.2) is 4.79 Å². The molecule has 164 valence electrons. The summed E-state index contributed by atoms with van der Waals surface area (Å²) in [6.07, 6.45) is -12.4. The lowest BCUT2D eigenvalue weighted by Crippen LogP contribution is -2.33. The van der Waals surface area contributed by atoms with Gasteiger partial charge in [-0.3, -0.25) is 0 Å². The van der Waals surface area contributed by atoms with Crippen molar-refractivity contribution in [1.82, 2.24) is 5.32 Å². The Morgan fingerprint density at radius 1 is 1.07 bits per heavy atom. The zero-order chi connectivity index (χ0) is 22.1. The van der Waals surface area contributed by atoms with Gasteiger partial charge in [0.15, 0.2) is 0 Å². The molecule has 0 radical (unpaired) electrons. The Labute approximate surface area is 170 Å². The van der Waals surface area contributed by atoms with Gasteiger partial charge in [0.2, 0.25) is 0 Å². The van der Waals surface area contributed by atoms with Crippen molar-refractivity contribution < 1.29 is 42.0 Å². The normalized spacial score (nSPS) is 13.6. The lowest BCUT2D eigenvalue weighted by atomic mass is 10.0. The second kappa shape index (κ2) is 10.8. The van der Waals surface area contributed by atoms with Gasteiger partial charge in [-0.05, 0) is 29.7 Å². The third-order valence-corrected chi connectivity index (χ3v) is 3.99. The Balaban J connectivity index is 1.80. The number of hydrogen-bond acceptors (Lipinski definition) is 5. The predicted octanol–water partition coefficient (Wildman–Crippen LogP) is 3.63. The molecule has 0 aliphatic carbocycles. The molecule has 0 spiro atoms. The smallest absolute Gasteiger partial charge is 0.445 e. The van der Waals surface area contributed by atoms with Crippen molar-refractivity contribution in [2.45, 2.75) is 37.8 Å². The molecule has 0 bridgehead atoms. The lowest BCUT2D eigenvalue weighted by molar-refractivity contribution is -0.253. The SMILES string of the molecule is O=C(NCCC(O)C(O)c1cccc(OC(F)(F)C(F)F)c1)OCc1ccccc1. The van der Waals surface area contributed by atoms with Crippen molar-refractivity contribution in [3.8, 4) is 5.75 Å². The fraction of sp³-hybridized carbons (Fsp3) is 0.350. The molecule has 2 atom stereocenters. The van der Waals surface area contributed by atoms with E-state index in [1.54, 1.807) is 24.3 Å². The van der Waals surface area contributed by atoms with Crippen LogP contribution in [0.15, 0.2) is 54.6 Å². The Morgan fingerprint density at radius 3 is 2.43 bits per heavy atom. The number of nitrogens with one attached hydrogen (secondary N) is 1. The maximum Gasteiger partial charge on any atom is 0.461 e. The first kappa shape index (κ1) is 23.4. The number of alkyl halides is 4. The van der Waals surface area contributed by atoms with Crippen molar-refractivity contribution in [2.24, 2.45) is 0 Å². The average molecular weight is 431 g/mol. The van der Waals surface area contributed by atoms with E-state index in [-0.39, 0.29) is 25.1 Å². The molecule has 0 aliphatic heterocycles. The first-order valence-corrected chi connectivity index (χ1v) is 8.94. The predicted molar refractivity (Wildman–Crippen MR) is 98.2 cm³/mol. The number of benzene rings is 2. The summed E-state index contributed by atoms with van der Waals surface area (Å²) in [4.78, 5) is 11.6. The summed E-state index contributed by atoms with van der Waals surface area (Å²) in [6, 6.07) is 13.4. The van der Waals surface area contributed by atoms with Crippen LogP contribution in [0.2, 0.25) is 0 Å². The van der Waals surface area contributed by atoms with Crippen molar-refractivity contribution in [2.75, 3.05) is 6.54 Å². The molecule has 0 saturated carbocycles. The average Bonchev–Trinajstić information content (AvgIpc) is 2.72. The highest BCUT2D eigenvalue weighted by molar-refractivity contribution is 5.67. The molecular weight excluding hydrogens is 410 g/mol. The molecule has 30 heavy (non-hydrogen) atoms. The lowest BCUT2D eigenvalue weighted by Gasteiger charge is -2.20. The topological polar surface area (TPSA) is 88.0 Å². The van der Waals surface area contributed by atoms with E-state index in [0.717, 1.165) is 17.7 Å². The number of aliphatic hydroxyl groups excluding tert-OH is 2. The molecule has 0 fully saturated rings. The van der Waals surface area contributed by atoms with Crippen LogP contribution in [0.3, 0.4) is 0 Å². The van der Waals surface area contributed by atoms with E-state index < -0.39 is 36.6 Å². The van der Waals surface area contributed by atoms with Crippen LogP contribution in [0, 0.1) is 0 Å². The maximum atomic E-state index is 13.0. The van der Waals surface area contributed by atoms with Crippen LogP contribution >= 0.6 is 0 Å². The van der Waals surface area contributed by atoms with E-state index in [2.05, 4.69) is 10.1 Å². The summed E-state index contributed by atoms with van der Waals surface area (Å²) in [5, 5.41) is 22.6. The Morgan fingerprint density at radius 2 is 1.77 bits per heavy atom. The number of halogens is 4. The summed E-state index contributed by atoms with van der Waals surface area (Å²) >= 11 is 0.